The van der Waals surface area contributed by atoms with E-state index in [0.717, 1.165) is 6.42 Å². The van der Waals surface area contributed by atoms with Crippen LogP contribution in [0.4, 0.5) is 4.79 Å². The molecule has 0 bridgehead atoms. The molecule has 0 aliphatic heterocycles. The third kappa shape index (κ3) is 3.96. The highest BCUT2D eigenvalue weighted by atomic mass is 32.1. The van der Waals surface area contributed by atoms with E-state index in [2.05, 4.69) is 22.8 Å². The molecule has 0 unspecified atom stereocenters. The highest BCUT2D eigenvalue weighted by Gasteiger charge is 2.14. The van der Waals surface area contributed by atoms with Crippen LogP contribution in [0.2, 0.25) is 0 Å². The number of ether oxygens (including phenoxy) is 1. The van der Waals surface area contributed by atoms with Gasteiger partial charge in [-0.25, -0.2) is 4.79 Å². The van der Waals surface area contributed by atoms with Crippen LogP contribution in [-0.4, -0.2) is 18.2 Å². The first kappa shape index (κ1) is 13.9. The zero-order valence-electron chi connectivity index (χ0n) is 11.5. The van der Waals surface area contributed by atoms with Gasteiger partial charge in [0.1, 0.15) is 0 Å². The molecule has 102 valence electrons. The maximum atomic E-state index is 11.5. The molecule has 1 aromatic carbocycles. The minimum absolute atomic E-state index is 0.258. The molecule has 0 atom stereocenters. The van der Waals surface area contributed by atoms with Gasteiger partial charge in [-0.3, -0.25) is 0 Å². The van der Waals surface area contributed by atoms with Crippen molar-refractivity contribution in [3.05, 3.63) is 35.2 Å². The number of hydrogen-bond acceptors (Lipinski definition) is 3. The van der Waals surface area contributed by atoms with E-state index in [4.69, 9.17) is 4.74 Å². The van der Waals surface area contributed by atoms with Gasteiger partial charge < -0.3 is 10.1 Å². The number of fused-ring (bicyclic) bond motifs is 1. The molecule has 2 aromatic rings. The van der Waals surface area contributed by atoms with Gasteiger partial charge in [0, 0.05) is 16.7 Å². The minimum Gasteiger partial charge on any atom is -0.449 e. The topological polar surface area (TPSA) is 38.3 Å². The van der Waals surface area contributed by atoms with Crippen LogP contribution in [0.1, 0.15) is 26.3 Å². The fourth-order valence-corrected chi connectivity index (χ4v) is 2.82. The Hall–Kier alpha value is -1.55. The Morgan fingerprint density at radius 2 is 2.05 bits per heavy atom. The van der Waals surface area contributed by atoms with Crippen molar-refractivity contribution in [1.29, 1.82) is 0 Å². The largest absolute Gasteiger partial charge is 0.449 e. The first-order valence-electron chi connectivity index (χ1n) is 6.36. The molecule has 0 aliphatic rings. The van der Waals surface area contributed by atoms with Gasteiger partial charge in [0.2, 0.25) is 0 Å². The molecule has 2 rings (SSSR count). The summed E-state index contributed by atoms with van der Waals surface area (Å²) in [6.07, 6.45) is 0.397. The molecule has 1 heterocycles. The summed E-state index contributed by atoms with van der Waals surface area (Å²) in [5, 5.41) is 6.17. The van der Waals surface area contributed by atoms with Crippen LogP contribution < -0.4 is 5.32 Å². The molecular weight excluding hydrogens is 258 g/mol. The average molecular weight is 277 g/mol. The molecule has 0 saturated carbocycles. The smallest absolute Gasteiger partial charge is 0.407 e. The van der Waals surface area contributed by atoms with Crippen molar-refractivity contribution in [3.8, 4) is 0 Å². The molecule has 0 saturated heterocycles. The number of carbonyl (C=O) groups excluding carboxylic acids is 1. The number of amides is 1. The molecule has 19 heavy (non-hydrogen) atoms. The van der Waals surface area contributed by atoms with E-state index in [0.29, 0.717) is 6.61 Å². The summed E-state index contributed by atoms with van der Waals surface area (Å²) in [4.78, 5) is 11.5. The summed E-state index contributed by atoms with van der Waals surface area (Å²) in [7, 11) is 0. The predicted molar refractivity (Wildman–Crippen MR) is 79.8 cm³/mol. The minimum atomic E-state index is -0.355. The van der Waals surface area contributed by atoms with Crippen molar-refractivity contribution in [2.75, 3.05) is 6.61 Å². The highest BCUT2D eigenvalue weighted by Crippen LogP contribution is 2.25. The van der Waals surface area contributed by atoms with E-state index < -0.39 is 0 Å². The van der Waals surface area contributed by atoms with Crippen molar-refractivity contribution in [1.82, 2.24) is 5.32 Å². The molecule has 4 heteroatoms. The van der Waals surface area contributed by atoms with E-state index in [1.165, 1.54) is 15.6 Å². The lowest BCUT2D eigenvalue weighted by atomic mass is 10.1. The van der Waals surface area contributed by atoms with E-state index >= 15 is 0 Å². The lowest BCUT2D eigenvalue weighted by molar-refractivity contribution is 0.139. The van der Waals surface area contributed by atoms with Crippen molar-refractivity contribution in [3.63, 3.8) is 0 Å². The molecule has 0 radical (unpaired) electrons. The fraction of sp³-hybridized carbons (Fsp3) is 0.400. The third-order valence-corrected chi connectivity index (χ3v) is 3.66. The molecule has 1 N–H and O–H groups in total. The number of alkyl carbamates (subject to hydrolysis) is 1. The Labute approximate surface area is 117 Å². The molecule has 1 aromatic heterocycles. The van der Waals surface area contributed by atoms with Crippen LogP contribution in [0.15, 0.2) is 29.6 Å². The number of thiophene rings is 1. The van der Waals surface area contributed by atoms with E-state index in [9.17, 15) is 4.79 Å². The summed E-state index contributed by atoms with van der Waals surface area (Å²) in [5.74, 6) is 0. The lowest BCUT2D eigenvalue weighted by Gasteiger charge is -2.19. The summed E-state index contributed by atoms with van der Waals surface area (Å²) in [6.45, 7) is 6.20. The van der Waals surface area contributed by atoms with Crippen LogP contribution in [0.25, 0.3) is 10.1 Å². The number of benzene rings is 1. The van der Waals surface area contributed by atoms with Gasteiger partial charge in [0.25, 0.3) is 0 Å². The van der Waals surface area contributed by atoms with E-state index in [1.54, 1.807) is 11.3 Å². The quantitative estimate of drug-likeness (QED) is 0.922. The van der Waals surface area contributed by atoms with Gasteiger partial charge >= 0.3 is 6.09 Å². The zero-order valence-corrected chi connectivity index (χ0v) is 12.3. The number of carbonyl (C=O) groups is 1. The van der Waals surface area contributed by atoms with Crippen molar-refractivity contribution >= 4 is 27.5 Å². The molecule has 0 aliphatic carbocycles. The molecule has 1 amide bonds. The summed E-state index contributed by atoms with van der Waals surface area (Å²) >= 11 is 1.73. The van der Waals surface area contributed by atoms with Gasteiger partial charge in [-0.2, -0.15) is 0 Å². The highest BCUT2D eigenvalue weighted by molar-refractivity contribution is 7.17. The number of rotatable bonds is 3. The second-order valence-electron chi connectivity index (χ2n) is 5.52. The maximum absolute atomic E-state index is 11.5. The van der Waals surface area contributed by atoms with Crippen LogP contribution in [0, 0.1) is 0 Å². The number of nitrogens with one attached hydrogen (secondary N) is 1. The van der Waals surface area contributed by atoms with Crippen LogP contribution in [0.5, 0.6) is 0 Å². The van der Waals surface area contributed by atoms with Gasteiger partial charge in [-0.05, 0) is 43.2 Å². The van der Waals surface area contributed by atoms with Crippen LogP contribution in [-0.2, 0) is 11.2 Å². The standard InChI is InChI=1S/C15H19NO2S/c1-15(2,3)16-14(17)18-9-8-11-10-19-13-7-5-4-6-12(11)13/h4-7,10H,8-9H2,1-3H3,(H,16,17). The lowest BCUT2D eigenvalue weighted by Crippen LogP contribution is -2.41. The van der Waals surface area contributed by atoms with Gasteiger partial charge in [0.15, 0.2) is 0 Å². The van der Waals surface area contributed by atoms with Crippen molar-refractivity contribution in [2.45, 2.75) is 32.7 Å². The van der Waals surface area contributed by atoms with Gasteiger partial charge in [-0.1, -0.05) is 18.2 Å². The van der Waals surface area contributed by atoms with Crippen LogP contribution in [0.3, 0.4) is 0 Å². The first-order valence-corrected chi connectivity index (χ1v) is 7.24. The fourth-order valence-electron chi connectivity index (χ4n) is 1.82. The molecule has 3 nitrogen and oxygen atoms in total. The second kappa shape index (κ2) is 5.61. The SMILES string of the molecule is CC(C)(C)NC(=O)OCCc1csc2ccccc12. The zero-order chi connectivity index (χ0) is 13.9. The average Bonchev–Trinajstić information content (AvgIpc) is 2.70. The Balaban J connectivity index is 1.88. The van der Waals surface area contributed by atoms with E-state index in [-0.39, 0.29) is 11.6 Å². The Bertz CT molecular complexity index is 569. The summed E-state index contributed by atoms with van der Waals surface area (Å²) in [5.41, 5.74) is 0.982. The summed E-state index contributed by atoms with van der Waals surface area (Å²) in [6, 6.07) is 8.29. The third-order valence-electron chi connectivity index (χ3n) is 2.64. The molecule has 0 spiro atoms. The summed E-state index contributed by atoms with van der Waals surface area (Å²) < 4.78 is 6.47. The molecular formula is C15H19NO2S. The monoisotopic (exact) mass is 277 g/mol. The first-order chi connectivity index (χ1) is 8.96. The van der Waals surface area contributed by atoms with Gasteiger partial charge in [0.05, 0.1) is 6.61 Å². The molecule has 0 fully saturated rings. The predicted octanol–water partition coefficient (Wildman–Crippen LogP) is 3.97. The Morgan fingerprint density at radius 1 is 1.32 bits per heavy atom. The number of hydrogen-bond donors (Lipinski definition) is 1. The second-order valence-corrected chi connectivity index (χ2v) is 6.43. The maximum Gasteiger partial charge on any atom is 0.407 e. The Morgan fingerprint density at radius 3 is 2.79 bits per heavy atom. The van der Waals surface area contributed by atoms with Crippen molar-refractivity contribution < 1.29 is 9.53 Å². The Kier molecular flexibility index (Phi) is 4.10. The van der Waals surface area contributed by atoms with E-state index in [1.807, 2.05) is 32.9 Å². The van der Waals surface area contributed by atoms with Crippen LogP contribution >= 0.6 is 11.3 Å². The van der Waals surface area contributed by atoms with Crippen molar-refractivity contribution in [2.24, 2.45) is 0 Å². The normalized spacial score (nSPS) is 11.5. The van der Waals surface area contributed by atoms with Gasteiger partial charge in [-0.15, -0.1) is 11.3 Å².